The fraction of sp³-hybridized carbons (Fsp3) is 0.526. The molecule has 3 rings (SSSR count). The van der Waals surface area contributed by atoms with E-state index in [1.807, 2.05) is 13.1 Å². The lowest BCUT2D eigenvalue weighted by Crippen LogP contribution is -2.47. The summed E-state index contributed by atoms with van der Waals surface area (Å²) in [7, 11) is 1.86. The number of amides is 2. The molecule has 0 saturated heterocycles. The molecule has 2 N–H and O–H groups in total. The number of aromatic nitrogens is 3. The van der Waals surface area contributed by atoms with Gasteiger partial charge in [0.05, 0.1) is 0 Å². The van der Waals surface area contributed by atoms with Gasteiger partial charge in [-0.05, 0) is 30.7 Å². The summed E-state index contributed by atoms with van der Waals surface area (Å²) >= 11 is 0. The van der Waals surface area contributed by atoms with E-state index in [0.717, 1.165) is 18.7 Å². The van der Waals surface area contributed by atoms with E-state index >= 15 is 0 Å². The second kappa shape index (κ2) is 8.65. The molecule has 1 aliphatic carbocycles. The van der Waals surface area contributed by atoms with E-state index in [2.05, 4.69) is 45.0 Å². The number of aryl methyl sites for hydroxylation is 1. The van der Waals surface area contributed by atoms with Crippen molar-refractivity contribution in [3.63, 3.8) is 0 Å². The number of nitrogens with zero attached hydrogens (tertiary/aromatic N) is 3. The summed E-state index contributed by atoms with van der Waals surface area (Å²) in [4.78, 5) is 16.4. The van der Waals surface area contributed by atoms with Crippen molar-refractivity contribution in [2.45, 2.75) is 44.6 Å². The maximum atomic E-state index is 12.3. The molecule has 0 spiro atoms. The third kappa shape index (κ3) is 5.05. The van der Waals surface area contributed by atoms with E-state index in [1.54, 1.807) is 4.68 Å². The standard InChI is InChI=1S/C19H27N5O/c1-24-18(21-14-22-24)11-12-20-19(25)23-17-10-6-5-9-16(17)13-15-7-3-2-4-8-15/h2-4,7-8,14,16-17H,5-6,9-13H2,1H3,(H2,20,23,25)/t16-,17-/m0/s1. The molecule has 1 saturated carbocycles. The van der Waals surface area contributed by atoms with Crippen molar-refractivity contribution in [1.29, 1.82) is 0 Å². The van der Waals surface area contributed by atoms with Crippen LogP contribution < -0.4 is 10.6 Å². The lowest BCUT2D eigenvalue weighted by atomic mass is 9.81. The van der Waals surface area contributed by atoms with Gasteiger partial charge in [0.25, 0.3) is 0 Å². The number of rotatable bonds is 6. The molecule has 0 unspecified atom stereocenters. The number of hydrogen-bond acceptors (Lipinski definition) is 3. The third-order valence-electron chi connectivity index (χ3n) is 5.01. The third-order valence-corrected chi connectivity index (χ3v) is 5.01. The first-order valence-electron chi connectivity index (χ1n) is 9.13. The zero-order valence-corrected chi connectivity index (χ0v) is 14.8. The number of urea groups is 1. The highest BCUT2D eigenvalue weighted by Crippen LogP contribution is 2.27. The summed E-state index contributed by atoms with van der Waals surface area (Å²) in [6.45, 7) is 0.564. The number of carbonyl (C=O) groups excluding carboxylic acids is 1. The van der Waals surface area contributed by atoms with Crippen LogP contribution in [0, 0.1) is 5.92 Å². The van der Waals surface area contributed by atoms with Crippen LogP contribution in [0.15, 0.2) is 36.7 Å². The van der Waals surface area contributed by atoms with Gasteiger partial charge in [-0.3, -0.25) is 4.68 Å². The zero-order chi connectivity index (χ0) is 17.5. The Morgan fingerprint density at radius 2 is 2.04 bits per heavy atom. The molecule has 1 fully saturated rings. The minimum absolute atomic E-state index is 0.0767. The first kappa shape index (κ1) is 17.5. The van der Waals surface area contributed by atoms with Crippen LogP contribution in [0.2, 0.25) is 0 Å². The topological polar surface area (TPSA) is 71.8 Å². The van der Waals surface area contributed by atoms with Crippen molar-refractivity contribution in [2.75, 3.05) is 6.54 Å². The highest BCUT2D eigenvalue weighted by Gasteiger charge is 2.26. The van der Waals surface area contributed by atoms with Gasteiger partial charge in [0.15, 0.2) is 0 Å². The Balaban J connectivity index is 1.47. The van der Waals surface area contributed by atoms with Gasteiger partial charge in [0, 0.05) is 26.1 Å². The summed E-state index contributed by atoms with van der Waals surface area (Å²) in [5, 5.41) is 10.2. The highest BCUT2D eigenvalue weighted by atomic mass is 16.2. The van der Waals surface area contributed by atoms with E-state index in [4.69, 9.17) is 0 Å². The number of benzene rings is 1. The van der Waals surface area contributed by atoms with E-state index in [1.165, 1.54) is 31.2 Å². The second-order valence-corrected chi connectivity index (χ2v) is 6.79. The first-order valence-corrected chi connectivity index (χ1v) is 9.13. The number of hydrogen-bond donors (Lipinski definition) is 2. The van der Waals surface area contributed by atoms with Gasteiger partial charge in [0.1, 0.15) is 12.2 Å². The van der Waals surface area contributed by atoms with Crippen molar-refractivity contribution in [3.05, 3.63) is 48.0 Å². The molecule has 6 heteroatoms. The van der Waals surface area contributed by atoms with Crippen molar-refractivity contribution < 1.29 is 4.79 Å². The maximum absolute atomic E-state index is 12.3. The number of nitrogens with one attached hydrogen (secondary N) is 2. The van der Waals surface area contributed by atoms with Gasteiger partial charge in [-0.2, -0.15) is 5.10 Å². The molecule has 134 valence electrons. The molecule has 1 heterocycles. The Morgan fingerprint density at radius 3 is 2.80 bits per heavy atom. The monoisotopic (exact) mass is 341 g/mol. The van der Waals surface area contributed by atoms with E-state index in [-0.39, 0.29) is 12.1 Å². The van der Waals surface area contributed by atoms with Gasteiger partial charge in [-0.25, -0.2) is 9.78 Å². The van der Waals surface area contributed by atoms with E-state index in [9.17, 15) is 4.79 Å². The van der Waals surface area contributed by atoms with Crippen LogP contribution in [0.3, 0.4) is 0 Å². The summed E-state index contributed by atoms with van der Waals surface area (Å²) in [6.07, 6.45) is 7.93. The Kier molecular flexibility index (Phi) is 6.04. The molecule has 0 radical (unpaired) electrons. The van der Waals surface area contributed by atoms with Crippen molar-refractivity contribution >= 4 is 6.03 Å². The molecule has 2 amide bonds. The van der Waals surface area contributed by atoms with Crippen LogP contribution in [-0.4, -0.2) is 33.4 Å². The zero-order valence-electron chi connectivity index (χ0n) is 14.8. The molecule has 25 heavy (non-hydrogen) atoms. The van der Waals surface area contributed by atoms with Gasteiger partial charge in [-0.1, -0.05) is 43.2 Å². The van der Waals surface area contributed by atoms with Crippen LogP contribution in [0.1, 0.15) is 37.1 Å². The fourth-order valence-corrected chi connectivity index (χ4v) is 3.61. The maximum Gasteiger partial charge on any atom is 0.315 e. The Hall–Kier alpha value is -2.37. The largest absolute Gasteiger partial charge is 0.338 e. The average molecular weight is 341 g/mol. The van der Waals surface area contributed by atoms with Gasteiger partial charge in [0.2, 0.25) is 0 Å². The molecule has 2 aromatic rings. The normalized spacial score (nSPS) is 20.2. The molecular formula is C19H27N5O. The minimum Gasteiger partial charge on any atom is -0.338 e. The van der Waals surface area contributed by atoms with Crippen LogP contribution >= 0.6 is 0 Å². The molecule has 1 aromatic carbocycles. The molecule has 6 nitrogen and oxygen atoms in total. The van der Waals surface area contributed by atoms with Gasteiger partial charge >= 0.3 is 6.03 Å². The number of carbonyl (C=O) groups is 1. The molecule has 1 aliphatic rings. The fourth-order valence-electron chi connectivity index (χ4n) is 3.61. The van der Waals surface area contributed by atoms with Crippen LogP contribution in [0.4, 0.5) is 4.79 Å². The quantitative estimate of drug-likeness (QED) is 0.848. The smallest absolute Gasteiger partial charge is 0.315 e. The summed E-state index contributed by atoms with van der Waals surface area (Å²) in [5.74, 6) is 1.39. The predicted octanol–water partition coefficient (Wildman–Crippen LogP) is 2.46. The lowest BCUT2D eigenvalue weighted by molar-refractivity contribution is 0.217. The SMILES string of the molecule is Cn1ncnc1CCNC(=O)N[C@H]1CCCC[C@H]1Cc1ccccc1. The first-order chi connectivity index (χ1) is 12.2. The average Bonchev–Trinajstić information content (AvgIpc) is 3.03. The predicted molar refractivity (Wildman–Crippen MR) is 97.1 cm³/mol. The van der Waals surface area contributed by atoms with Gasteiger partial charge in [-0.15, -0.1) is 0 Å². The van der Waals surface area contributed by atoms with Crippen LogP contribution in [0.25, 0.3) is 0 Å². The molecular weight excluding hydrogens is 314 g/mol. The summed E-state index contributed by atoms with van der Waals surface area (Å²) < 4.78 is 1.73. The van der Waals surface area contributed by atoms with E-state index in [0.29, 0.717) is 18.9 Å². The van der Waals surface area contributed by atoms with Crippen LogP contribution in [0.5, 0.6) is 0 Å². The lowest BCUT2D eigenvalue weighted by Gasteiger charge is -2.32. The Morgan fingerprint density at radius 1 is 1.24 bits per heavy atom. The molecule has 0 aliphatic heterocycles. The van der Waals surface area contributed by atoms with Crippen molar-refractivity contribution in [3.8, 4) is 0 Å². The van der Waals surface area contributed by atoms with Crippen molar-refractivity contribution in [1.82, 2.24) is 25.4 Å². The van der Waals surface area contributed by atoms with Crippen molar-refractivity contribution in [2.24, 2.45) is 13.0 Å². The Bertz CT molecular complexity index is 669. The summed E-state index contributed by atoms with van der Waals surface area (Å²) in [6, 6.07) is 10.7. The molecule has 1 aromatic heterocycles. The van der Waals surface area contributed by atoms with Crippen LogP contribution in [-0.2, 0) is 19.9 Å². The molecule has 2 atom stereocenters. The van der Waals surface area contributed by atoms with Gasteiger partial charge < -0.3 is 10.6 Å². The highest BCUT2D eigenvalue weighted by molar-refractivity contribution is 5.74. The summed E-state index contributed by atoms with van der Waals surface area (Å²) in [5.41, 5.74) is 1.35. The Labute approximate surface area is 149 Å². The second-order valence-electron chi connectivity index (χ2n) is 6.79. The molecule has 0 bridgehead atoms. The minimum atomic E-state index is -0.0767. The van der Waals surface area contributed by atoms with E-state index < -0.39 is 0 Å².